The number of aryl methyl sites for hydroxylation is 1. The minimum Gasteiger partial charge on any atom is -0.438 e. The van der Waals surface area contributed by atoms with E-state index in [0.29, 0.717) is 21.6 Å². The van der Waals surface area contributed by atoms with Crippen molar-refractivity contribution in [1.29, 1.82) is 0 Å². The minimum absolute atomic E-state index is 0.0130. The number of pyridine rings is 1. The quantitative estimate of drug-likeness (QED) is 0.846. The molecule has 19 heavy (non-hydrogen) atoms. The van der Waals surface area contributed by atoms with Crippen LogP contribution in [0.15, 0.2) is 28.7 Å². The van der Waals surface area contributed by atoms with Crippen molar-refractivity contribution in [2.45, 2.75) is 13.5 Å². The molecule has 0 atom stereocenters. The second-order valence-electron chi connectivity index (χ2n) is 3.85. The van der Waals surface area contributed by atoms with Crippen molar-refractivity contribution in [3.63, 3.8) is 0 Å². The van der Waals surface area contributed by atoms with Crippen LogP contribution in [0.4, 0.5) is 4.39 Å². The Morgan fingerprint density at radius 1 is 1.42 bits per heavy atom. The molecule has 1 heterocycles. The van der Waals surface area contributed by atoms with Gasteiger partial charge in [0.15, 0.2) is 0 Å². The summed E-state index contributed by atoms with van der Waals surface area (Å²) in [6.07, 6.45) is 0. The van der Waals surface area contributed by atoms with E-state index in [1.54, 1.807) is 19.1 Å². The molecule has 3 nitrogen and oxygen atoms in total. The Hall–Kier alpha value is -1.17. The molecule has 100 valence electrons. The average molecular weight is 347 g/mol. The van der Waals surface area contributed by atoms with Crippen LogP contribution in [0.25, 0.3) is 0 Å². The summed E-state index contributed by atoms with van der Waals surface area (Å²) in [4.78, 5) is 4.17. The van der Waals surface area contributed by atoms with Crippen molar-refractivity contribution in [3.05, 3.63) is 50.8 Å². The Morgan fingerprint density at radius 3 is 2.79 bits per heavy atom. The maximum Gasteiger partial charge on any atom is 0.219 e. The van der Waals surface area contributed by atoms with Gasteiger partial charge in [0.25, 0.3) is 0 Å². The minimum atomic E-state index is -0.566. The lowest BCUT2D eigenvalue weighted by atomic mass is 10.2. The first-order chi connectivity index (χ1) is 9.01. The van der Waals surface area contributed by atoms with E-state index < -0.39 is 5.82 Å². The number of aliphatic hydroxyl groups is 1. The third-order valence-electron chi connectivity index (χ3n) is 2.53. The third-order valence-corrected chi connectivity index (χ3v) is 3.44. The number of rotatable bonds is 3. The predicted molar refractivity (Wildman–Crippen MR) is 74.1 cm³/mol. The van der Waals surface area contributed by atoms with Crippen molar-refractivity contribution >= 4 is 27.5 Å². The number of hydrogen-bond donors (Lipinski definition) is 1. The van der Waals surface area contributed by atoms with Crippen molar-refractivity contribution in [3.8, 4) is 11.6 Å². The van der Waals surface area contributed by atoms with Crippen LogP contribution in [0.1, 0.15) is 11.3 Å². The molecular weight excluding hydrogens is 337 g/mol. The second kappa shape index (κ2) is 5.86. The van der Waals surface area contributed by atoms with Crippen LogP contribution in [0.5, 0.6) is 11.6 Å². The van der Waals surface area contributed by atoms with Gasteiger partial charge in [-0.25, -0.2) is 9.37 Å². The molecule has 2 aromatic rings. The van der Waals surface area contributed by atoms with E-state index in [0.717, 1.165) is 0 Å². The van der Waals surface area contributed by atoms with Crippen LogP contribution >= 0.6 is 27.5 Å². The van der Waals surface area contributed by atoms with Gasteiger partial charge in [-0.15, -0.1) is 0 Å². The van der Waals surface area contributed by atoms with E-state index in [1.165, 1.54) is 12.1 Å². The maximum absolute atomic E-state index is 13.4. The third kappa shape index (κ3) is 3.23. The number of aliphatic hydroxyl groups excluding tert-OH is 1. The molecule has 1 aromatic carbocycles. The van der Waals surface area contributed by atoms with Gasteiger partial charge in [-0.2, -0.15) is 0 Å². The Morgan fingerprint density at radius 2 is 2.16 bits per heavy atom. The van der Waals surface area contributed by atoms with Crippen LogP contribution in [-0.4, -0.2) is 10.1 Å². The van der Waals surface area contributed by atoms with Gasteiger partial charge in [0.2, 0.25) is 5.88 Å². The van der Waals surface area contributed by atoms with E-state index >= 15 is 0 Å². The number of nitrogens with zero attached hydrogens (tertiary/aromatic N) is 1. The molecule has 0 saturated heterocycles. The van der Waals surface area contributed by atoms with Crippen LogP contribution in [0.3, 0.4) is 0 Å². The lowest BCUT2D eigenvalue weighted by Crippen LogP contribution is -1.96. The second-order valence-corrected chi connectivity index (χ2v) is 5.11. The standard InChI is InChI=1S/C13H10BrClFNO2/c1-7-8(6-18)2-3-13(17-7)19-12-5-11(16)10(15)4-9(12)14/h2-5,18H,6H2,1H3. The largest absolute Gasteiger partial charge is 0.438 e. The summed E-state index contributed by atoms with van der Waals surface area (Å²) >= 11 is 8.89. The van der Waals surface area contributed by atoms with Crippen molar-refractivity contribution < 1.29 is 14.2 Å². The van der Waals surface area contributed by atoms with Crippen molar-refractivity contribution in [1.82, 2.24) is 4.98 Å². The lowest BCUT2D eigenvalue weighted by Gasteiger charge is -2.09. The Bertz CT molecular complexity index is 622. The Labute approximate surface area is 123 Å². The van der Waals surface area contributed by atoms with Gasteiger partial charge in [-0.3, -0.25) is 0 Å². The topological polar surface area (TPSA) is 42.4 Å². The van der Waals surface area contributed by atoms with Crippen molar-refractivity contribution in [2.24, 2.45) is 0 Å². The molecule has 0 aliphatic carbocycles. The van der Waals surface area contributed by atoms with E-state index in [2.05, 4.69) is 20.9 Å². The monoisotopic (exact) mass is 345 g/mol. The van der Waals surface area contributed by atoms with Gasteiger partial charge >= 0.3 is 0 Å². The fourth-order valence-electron chi connectivity index (χ4n) is 1.49. The van der Waals surface area contributed by atoms with Gasteiger partial charge in [0.05, 0.1) is 16.1 Å². The molecule has 0 amide bonds. The first-order valence-corrected chi connectivity index (χ1v) is 6.58. The van der Waals surface area contributed by atoms with E-state index in [1.807, 2.05) is 0 Å². The van der Waals surface area contributed by atoms with Crippen LogP contribution in [-0.2, 0) is 6.61 Å². The fraction of sp³-hybridized carbons (Fsp3) is 0.154. The van der Waals surface area contributed by atoms with E-state index in [-0.39, 0.29) is 17.4 Å². The normalized spacial score (nSPS) is 10.6. The maximum atomic E-state index is 13.4. The lowest BCUT2D eigenvalue weighted by molar-refractivity contribution is 0.280. The summed E-state index contributed by atoms with van der Waals surface area (Å²) in [5, 5.41) is 9.07. The number of benzene rings is 1. The molecule has 1 N–H and O–H groups in total. The highest BCUT2D eigenvalue weighted by Crippen LogP contribution is 2.33. The number of halogens is 3. The van der Waals surface area contributed by atoms with E-state index in [9.17, 15) is 4.39 Å². The first-order valence-electron chi connectivity index (χ1n) is 5.41. The van der Waals surface area contributed by atoms with Crippen LogP contribution in [0.2, 0.25) is 5.02 Å². The molecule has 0 aliphatic rings. The molecule has 0 radical (unpaired) electrons. The molecule has 1 aromatic heterocycles. The molecule has 0 spiro atoms. The Balaban J connectivity index is 2.31. The van der Waals surface area contributed by atoms with Gasteiger partial charge in [-0.1, -0.05) is 11.6 Å². The number of aromatic nitrogens is 1. The highest BCUT2D eigenvalue weighted by molar-refractivity contribution is 9.10. The van der Waals surface area contributed by atoms with Crippen LogP contribution in [0, 0.1) is 12.7 Å². The molecule has 0 fully saturated rings. The van der Waals surface area contributed by atoms with Gasteiger partial charge < -0.3 is 9.84 Å². The zero-order chi connectivity index (χ0) is 14.0. The molecule has 6 heteroatoms. The number of ether oxygens (including phenoxy) is 1. The summed E-state index contributed by atoms with van der Waals surface area (Å²) < 4.78 is 19.4. The summed E-state index contributed by atoms with van der Waals surface area (Å²) in [7, 11) is 0. The highest BCUT2D eigenvalue weighted by Gasteiger charge is 2.10. The van der Waals surface area contributed by atoms with Crippen LogP contribution < -0.4 is 4.74 Å². The van der Waals surface area contributed by atoms with Gasteiger partial charge in [0.1, 0.15) is 11.6 Å². The Kier molecular flexibility index (Phi) is 4.39. The molecule has 0 bridgehead atoms. The SMILES string of the molecule is Cc1nc(Oc2cc(F)c(Cl)cc2Br)ccc1CO. The van der Waals surface area contributed by atoms with E-state index in [4.69, 9.17) is 21.4 Å². The molecule has 2 rings (SSSR count). The summed E-state index contributed by atoms with van der Waals surface area (Å²) in [5.41, 5.74) is 1.37. The molecule has 0 unspecified atom stereocenters. The molecular formula is C13H10BrClFNO2. The summed E-state index contributed by atoms with van der Waals surface area (Å²) in [6, 6.07) is 5.92. The zero-order valence-corrected chi connectivity index (χ0v) is 12.3. The first kappa shape index (κ1) is 14.2. The summed E-state index contributed by atoms with van der Waals surface area (Å²) in [6.45, 7) is 1.67. The fourth-order valence-corrected chi connectivity index (χ4v) is 2.21. The van der Waals surface area contributed by atoms with Gasteiger partial charge in [0, 0.05) is 17.8 Å². The average Bonchev–Trinajstić information content (AvgIpc) is 2.36. The predicted octanol–water partition coefficient (Wildman–Crippen LogP) is 4.23. The van der Waals surface area contributed by atoms with Gasteiger partial charge in [-0.05, 0) is 40.5 Å². The zero-order valence-electron chi connectivity index (χ0n) is 9.95. The molecule has 0 aliphatic heterocycles. The highest BCUT2D eigenvalue weighted by atomic mass is 79.9. The summed E-state index contributed by atoms with van der Waals surface area (Å²) in [5.74, 6) is 0.0336. The molecule has 0 saturated carbocycles. The number of hydrogen-bond acceptors (Lipinski definition) is 3. The smallest absolute Gasteiger partial charge is 0.219 e. The van der Waals surface area contributed by atoms with Crippen molar-refractivity contribution in [2.75, 3.05) is 0 Å².